The Morgan fingerprint density at radius 1 is 1.17 bits per heavy atom. The van der Waals surface area contributed by atoms with Crippen molar-refractivity contribution in [1.29, 1.82) is 5.26 Å². The van der Waals surface area contributed by atoms with Gasteiger partial charge in [0.25, 0.3) is 5.91 Å². The molecule has 1 aromatic heterocycles. The molecule has 0 unspecified atom stereocenters. The van der Waals surface area contributed by atoms with Crippen LogP contribution in [0.5, 0.6) is 0 Å². The number of carbonyl (C=O) groups excluding carboxylic acids is 1. The summed E-state index contributed by atoms with van der Waals surface area (Å²) < 4.78 is 0. The van der Waals surface area contributed by atoms with Gasteiger partial charge in [0.2, 0.25) is 0 Å². The number of nitriles is 1. The molecule has 2 N–H and O–H groups in total. The van der Waals surface area contributed by atoms with E-state index in [1.165, 1.54) is 0 Å². The molecule has 0 spiro atoms. The molecule has 29 heavy (non-hydrogen) atoms. The van der Waals surface area contributed by atoms with Crippen molar-refractivity contribution in [1.82, 2.24) is 15.3 Å². The normalized spacial score (nSPS) is 11.6. The quantitative estimate of drug-likeness (QED) is 0.698. The lowest BCUT2D eigenvalue weighted by Crippen LogP contribution is -2.27. The molecular formula is C23H22N4O2. The molecule has 0 bridgehead atoms. The summed E-state index contributed by atoms with van der Waals surface area (Å²) in [6, 6.07) is 12.7. The van der Waals surface area contributed by atoms with Gasteiger partial charge in [-0.15, -0.1) is 0 Å². The highest BCUT2D eigenvalue weighted by Crippen LogP contribution is 2.27. The summed E-state index contributed by atoms with van der Waals surface area (Å²) >= 11 is 0. The second kappa shape index (κ2) is 8.63. The Bertz CT molecular complexity index is 1090. The van der Waals surface area contributed by atoms with Crippen molar-refractivity contribution in [2.24, 2.45) is 0 Å². The van der Waals surface area contributed by atoms with Crippen molar-refractivity contribution in [3.8, 4) is 17.2 Å². The number of amides is 1. The fraction of sp³-hybridized carbons (Fsp3) is 0.217. The second-order valence-electron chi connectivity index (χ2n) is 7.00. The van der Waals surface area contributed by atoms with Crippen molar-refractivity contribution >= 4 is 5.91 Å². The zero-order chi connectivity index (χ0) is 21.0. The van der Waals surface area contributed by atoms with Crippen LogP contribution in [-0.2, 0) is 6.61 Å². The number of nitrogens with one attached hydrogen (secondary N) is 1. The lowest BCUT2D eigenvalue weighted by atomic mass is 9.95. The lowest BCUT2D eigenvalue weighted by molar-refractivity contribution is 0.0939. The summed E-state index contributed by atoms with van der Waals surface area (Å²) in [6.07, 6.45) is 3.38. The molecule has 0 aliphatic carbocycles. The van der Waals surface area contributed by atoms with Gasteiger partial charge in [-0.25, -0.2) is 9.97 Å². The van der Waals surface area contributed by atoms with Crippen LogP contribution in [0, 0.1) is 25.2 Å². The minimum atomic E-state index is -0.279. The van der Waals surface area contributed by atoms with Crippen LogP contribution < -0.4 is 5.32 Å². The molecule has 3 rings (SSSR count). The number of rotatable bonds is 5. The molecule has 0 aliphatic heterocycles. The highest BCUT2D eigenvalue weighted by atomic mass is 16.3. The van der Waals surface area contributed by atoms with Crippen LogP contribution in [0.25, 0.3) is 11.1 Å². The van der Waals surface area contributed by atoms with Gasteiger partial charge in [-0.05, 0) is 67.3 Å². The van der Waals surface area contributed by atoms with Gasteiger partial charge in [0.1, 0.15) is 5.82 Å². The maximum absolute atomic E-state index is 12.9. The van der Waals surface area contributed by atoms with Gasteiger partial charge in [0.15, 0.2) is 0 Å². The van der Waals surface area contributed by atoms with Crippen LogP contribution >= 0.6 is 0 Å². The molecule has 3 aromatic rings. The third-order valence-corrected chi connectivity index (χ3v) is 4.69. The third kappa shape index (κ3) is 4.65. The summed E-state index contributed by atoms with van der Waals surface area (Å²) in [6.45, 7) is 5.37. The van der Waals surface area contributed by atoms with E-state index in [0.29, 0.717) is 28.1 Å². The molecule has 0 aliphatic rings. The summed E-state index contributed by atoms with van der Waals surface area (Å²) in [5.74, 6) is 0.388. The number of aliphatic hydroxyl groups excluding tert-OH is 1. The second-order valence-corrected chi connectivity index (χ2v) is 7.00. The SMILES string of the molecule is Cc1ccc(-c2cc(CO)cc(C(=O)N[C@H](C)c3cnc(C)nc3)c2)c(C#N)c1. The van der Waals surface area contributed by atoms with Crippen LogP contribution in [0.15, 0.2) is 48.8 Å². The van der Waals surface area contributed by atoms with Crippen molar-refractivity contribution in [3.63, 3.8) is 0 Å². The minimum absolute atomic E-state index is 0.205. The van der Waals surface area contributed by atoms with Crippen molar-refractivity contribution < 1.29 is 9.90 Å². The van der Waals surface area contributed by atoms with E-state index in [1.807, 2.05) is 26.0 Å². The van der Waals surface area contributed by atoms with Crippen LogP contribution in [0.3, 0.4) is 0 Å². The zero-order valence-electron chi connectivity index (χ0n) is 16.6. The van der Waals surface area contributed by atoms with Gasteiger partial charge in [0.05, 0.1) is 24.3 Å². The van der Waals surface area contributed by atoms with Gasteiger partial charge in [0, 0.05) is 23.5 Å². The molecule has 0 radical (unpaired) electrons. The van der Waals surface area contributed by atoms with Crippen LogP contribution in [0.2, 0.25) is 0 Å². The van der Waals surface area contributed by atoms with E-state index in [4.69, 9.17) is 0 Å². The average molecular weight is 386 g/mol. The molecule has 0 saturated carbocycles. The van der Waals surface area contributed by atoms with Crippen molar-refractivity contribution in [2.45, 2.75) is 33.4 Å². The fourth-order valence-corrected chi connectivity index (χ4v) is 3.06. The smallest absolute Gasteiger partial charge is 0.251 e. The van der Waals surface area contributed by atoms with Gasteiger partial charge in [-0.3, -0.25) is 4.79 Å². The first kappa shape index (κ1) is 20.2. The topological polar surface area (TPSA) is 98.9 Å². The number of nitrogens with zero attached hydrogens (tertiary/aromatic N) is 3. The van der Waals surface area contributed by atoms with Crippen molar-refractivity contribution in [2.75, 3.05) is 0 Å². The summed E-state index contributed by atoms with van der Waals surface area (Å²) in [5, 5.41) is 22.1. The van der Waals surface area contributed by atoms with Crippen LogP contribution in [-0.4, -0.2) is 21.0 Å². The van der Waals surface area contributed by atoms with Gasteiger partial charge in [-0.1, -0.05) is 12.1 Å². The Labute approximate surface area is 169 Å². The minimum Gasteiger partial charge on any atom is -0.392 e. The average Bonchev–Trinajstić information content (AvgIpc) is 2.73. The largest absolute Gasteiger partial charge is 0.392 e. The maximum atomic E-state index is 12.9. The molecule has 1 atom stereocenters. The predicted octanol–water partition coefficient (Wildman–Crippen LogP) is 3.62. The number of aliphatic hydroxyl groups is 1. The van der Waals surface area contributed by atoms with Crippen LogP contribution in [0.4, 0.5) is 0 Å². The molecule has 146 valence electrons. The summed E-state index contributed by atoms with van der Waals surface area (Å²) in [4.78, 5) is 21.2. The van der Waals surface area contributed by atoms with E-state index in [-0.39, 0.29) is 18.6 Å². The molecule has 0 fully saturated rings. The first-order chi connectivity index (χ1) is 13.9. The van der Waals surface area contributed by atoms with E-state index < -0.39 is 0 Å². The van der Waals surface area contributed by atoms with Gasteiger partial charge in [-0.2, -0.15) is 5.26 Å². The highest BCUT2D eigenvalue weighted by Gasteiger charge is 2.15. The standard InChI is InChI=1S/C23H22N4O2/c1-14-4-5-22(20(6-14)10-24)18-7-17(13-28)8-19(9-18)23(29)27-15(2)21-11-25-16(3)26-12-21/h4-9,11-12,15,28H,13H2,1-3H3,(H,27,29)/t15-/m1/s1. The molecule has 0 saturated heterocycles. The number of aryl methyl sites for hydroxylation is 2. The Hall–Kier alpha value is -3.56. The van der Waals surface area contributed by atoms with Gasteiger partial charge < -0.3 is 10.4 Å². The molecule has 1 heterocycles. The fourth-order valence-electron chi connectivity index (χ4n) is 3.06. The summed E-state index contributed by atoms with van der Waals surface area (Å²) in [5.41, 5.74) is 4.76. The third-order valence-electron chi connectivity index (χ3n) is 4.69. The number of hydrogen-bond acceptors (Lipinski definition) is 5. The summed E-state index contributed by atoms with van der Waals surface area (Å²) in [7, 11) is 0. The predicted molar refractivity (Wildman–Crippen MR) is 110 cm³/mol. The monoisotopic (exact) mass is 386 g/mol. The van der Waals surface area contributed by atoms with E-state index in [2.05, 4.69) is 21.4 Å². The van der Waals surface area contributed by atoms with Crippen LogP contribution in [0.1, 0.15) is 51.4 Å². The van der Waals surface area contributed by atoms with E-state index in [9.17, 15) is 15.2 Å². The van der Waals surface area contributed by atoms with E-state index >= 15 is 0 Å². The zero-order valence-corrected chi connectivity index (χ0v) is 16.6. The highest BCUT2D eigenvalue weighted by molar-refractivity contribution is 5.96. The number of carbonyl (C=O) groups is 1. The molecule has 1 amide bonds. The number of hydrogen-bond donors (Lipinski definition) is 2. The first-order valence-electron chi connectivity index (χ1n) is 9.26. The molecule has 2 aromatic carbocycles. The lowest BCUT2D eigenvalue weighted by Gasteiger charge is -2.15. The first-order valence-corrected chi connectivity index (χ1v) is 9.26. The Morgan fingerprint density at radius 3 is 2.55 bits per heavy atom. The van der Waals surface area contributed by atoms with E-state index in [0.717, 1.165) is 16.7 Å². The van der Waals surface area contributed by atoms with Crippen molar-refractivity contribution in [3.05, 3.63) is 82.4 Å². The van der Waals surface area contributed by atoms with Gasteiger partial charge >= 0.3 is 0 Å². The maximum Gasteiger partial charge on any atom is 0.251 e. The molecular weight excluding hydrogens is 364 g/mol. The molecule has 6 heteroatoms. The number of aromatic nitrogens is 2. The number of benzene rings is 2. The Kier molecular flexibility index (Phi) is 6.01. The Morgan fingerprint density at radius 2 is 1.90 bits per heavy atom. The Balaban J connectivity index is 1.93. The van der Waals surface area contributed by atoms with E-state index in [1.54, 1.807) is 43.6 Å². The molecule has 6 nitrogen and oxygen atoms in total.